The van der Waals surface area contributed by atoms with Crippen LogP contribution in [0.15, 0.2) is 47.8 Å². The Morgan fingerprint density at radius 3 is 1.74 bits per heavy atom. The van der Waals surface area contributed by atoms with E-state index in [9.17, 15) is 38.4 Å². The largest absolute Gasteiger partial charge is 0.370 e. The molecule has 9 atom stereocenters. The molecule has 18 N–H and O–H groups in total. The summed E-state index contributed by atoms with van der Waals surface area (Å²) in [5, 5.41) is 18.6. The number of hydrogen-bond acceptors (Lipinski definition) is 12. The van der Waals surface area contributed by atoms with Crippen LogP contribution in [0.4, 0.5) is 0 Å². The van der Waals surface area contributed by atoms with E-state index >= 15 is 0 Å². The summed E-state index contributed by atoms with van der Waals surface area (Å²) in [5.74, 6) is -6.23. The third-order valence-corrected chi connectivity index (χ3v) is 11.1. The first kappa shape index (κ1) is 57.5. The molecule has 2 rings (SSSR count). The Morgan fingerprint density at radius 1 is 0.647 bits per heavy atom. The van der Waals surface area contributed by atoms with Gasteiger partial charge in [-0.1, -0.05) is 64.4 Å². The van der Waals surface area contributed by atoms with Crippen LogP contribution in [-0.4, -0.2) is 125 Å². The van der Waals surface area contributed by atoms with Gasteiger partial charge < -0.3 is 70.9 Å². The number of nitrogens with zero attached hydrogens (tertiary/aromatic N) is 2. The lowest BCUT2D eigenvalue weighted by atomic mass is 9.96. The van der Waals surface area contributed by atoms with E-state index in [4.69, 9.17) is 28.7 Å². The minimum Gasteiger partial charge on any atom is -0.370 e. The molecule has 1 aromatic heterocycles. The van der Waals surface area contributed by atoms with Crippen LogP contribution in [-0.2, 0) is 51.2 Å². The van der Waals surface area contributed by atoms with Gasteiger partial charge in [-0.25, -0.2) is 4.98 Å². The molecule has 23 nitrogen and oxygen atoms in total. The molecule has 1 aromatic carbocycles. The van der Waals surface area contributed by atoms with Crippen molar-refractivity contribution in [3.05, 3.63) is 54.1 Å². The Bertz CT molecular complexity index is 1960. The molecule has 0 aliphatic heterocycles. The first-order valence-electron chi connectivity index (χ1n) is 23.1. The van der Waals surface area contributed by atoms with Crippen LogP contribution in [0.25, 0.3) is 0 Å². The molecule has 2 aromatic rings. The van der Waals surface area contributed by atoms with Gasteiger partial charge in [0.25, 0.3) is 0 Å². The maximum atomic E-state index is 13.9. The fourth-order valence-corrected chi connectivity index (χ4v) is 6.88. The molecular weight excluding hydrogens is 879 g/mol. The van der Waals surface area contributed by atoms with Crippen LogP contribution in [0, 0.1) is 11.8 Å². The highest BCUT2D eigenvalue weighted by atomic mass is 16.2. The van der Waals surface area contributed by atoms with E-state index in [0.29, 0.717) is 31.5 Å². The Kier molecular flexibility index (Phi) is 25.3. The van der Waals surface area contributed by atoms with Crippen molar-refractivity contribution in [1.29, 1.82) is 0 Å². The second kappa shape index (κ2) is 29.9. The molecule has 0 saturated carbocycles. The summed E-state index contributed by atoms with van der Waals surface area (Å²) in [4.78, 5) is 118. The van der Waals surface area contributed by atoms with Gasteiger partial charge in [0.1, 0.15) is 42.3 Å². The second-order valence-electron chi connectivity index (χ2n) is 17.4. The molecule has 0 spiro atoms. The number of aliphatic imine (C=N–C) groups is 1. The molecular formula is C45H75N15O8. The van der Waals surface area contributed by atoms with Gasteiger partial charge >= 0.3 is 0 Å². The number of aromatic amines is 1. The van der Waals surface area contributed by atoms with Crippen molar-refractivity contribution in [2.45, 2.75) is 148 Å². The number of carbonyl (C=O) groups is 8. The third kappa shape index (κ3) is 20.9. The van der Waals surface area contributed by atoms with E-state index in [0.717, 1.165) is 5.56 Å². The van der Waals surface area contributed by atoms with Crippen LogP contribution in [0.5, 0.6) is 0 Å². The van der Waals surface area contributed by atoms with Gasteiger partial charge in [-0.15, -0.1) is 0 Å². The fourth-order valence-electron chi connectivity index (χ4n) is 6.88. The van der Waals surface area contributed by atoms with Gasteiger partial charge in [0, 0.05) is 31.3 Å². The number of imidazole rings is 1. The number of H-pyrrole nitrogens is 1. The predicted octanol–water partition coefficient (Wildman–Crippen LogP) is -2.28. The van der Waals surface area contributed by atoms with E-state index in [-0.39, 0.29) is 56.9 Å². The number of benzene rings is 1. The maximum Gasteiger partial charge on any atom is 0.243 e. The number of unbranched alkanes of at least 4 members (excludes halogenated alkanes) is 1. The molecule has 0 fully saturated rings. The molecule has 0 aliphatic rings. The zero-order chi connectivity index (χ0) is 50.9. The average Bonchev–Trinajstić information content (AvgIpc) is 3.80. The molecule has 0 saturated heterocycles. The maximum absolute atomic E-state index is 13.9. The molecule has 68 heavy (non-hydrogen) atoms. The van der Waals surface area contributed by atoms with Crippen LogP contribution in [0.2, 0.25) is 0 Å². The molecule has 0 bridgehead atoms. The van der Waals surface area contributed by atoms with Crippen molar-refractivity contribution < 1.29 is 38.4 Å². The highest BCUT2D eigenvalue weighted by molar-refractivity contribution is 5.97. The van der Waals surface area contributed by atoms with Crippen LogP contribution < -0.4 is 65.9 Å². The normalized spacial score (nSPS) is 15.1. The summed E-state index contributed by atoms with van der Waals surface area (Å²) in [6.07, 6.45) is 5.20. The number of amides is 8. The summed E-state index contributed by atoms with van der Waals surface area (Å²) >= 11 is 0. The van der Waals surface area contributed by atoms with Crippen molar-refractivity contribution >= 4 is 53.2 Å². The number of carbonyl (C=O) groups excluding carboxylic acids is 8. The number of nitrogens with one attached hydrogen (secondary N) is 8. The zero-order valence-corrected chi connectivity index (χ0v) is 40.1. The minimum absolute atomic E-state index is 0.00619. The van der Waals surface area contributed by atoms with Crippen molar-refractivity contribution in [1.82, 2.24) is 47.2 Å². The number of hydrogen-bond donors (Lipinski definition) is 13. The zero-order valence-electron chi connectivity index (χ0n) is 40.1. The SMILES string of the molecule is CC[C@H](C)[C@H](NC(=O)[C@H](CC(C)C)NC(=O)[C@H](C)NC(=O)[C@H](CCCN=C(N)N)NC(=O)[C@H](CCCCN)NC(=O)[C@H](C)NC(=O)[C@@H](N)Cc1cnc[nH]1)C(=O)N[C@@H](Cc1ccccc1)C(N)=O. The number of aromatic nitrogens is 2. The van der Waals surface area contributed by atoms with Crippen LogP contribution >= 0.6 is 0 Å². The molecule has 23 heteroatoms. The Morgan fingerprint density at radius 2 is 1.19 bits per heavy atom. The number of rotatable bonds is 31. The van der Waals surface area contributed by atoms with Gasteiger partial charge in [0.05, 0.1) is 12.4 Å². The van der Waals surface area contributed by atoms with Gasteiger partial charge in [-0.05, 0) is 76.3 Å². The van der Waals surface area contributed by atoms with Crippen LogP contribution in [0.1, 0.15) is 97.7 Å². The van der Waals surface area contributed by atoms with E-state index in [1.54, 1.807) is 31.2 Å². The highest BCUT2D eigenvalue weighted by Crippen LogP contribution is 2.13. The van der Waals surface area contributed by atoms with Gasteiger partial charge in [-0.3, -0.25) is 43.3 Å². The van der Waals surface area contributed by atoms with E-state index in [1.807, 2.05) is 26.8 Å². The van der Waals surface area contributed by atoms with Gasteiger partial charge in [0.2, 0.25) is 47.3 Å². The average molecular weight is 954 g/mol. The van der Waals surface area contributed by atoms with Crippen molar-refractivity contribution in [3.63, 3.8) is 0 Å². The quantitative estimate of drug-likeness (QED) is 0.0216. The molecule has 378 valence electrons. The highest BCUT2D eigenvalue weighted by Gasteiger charge is 2.34. The second-order valence-corrected chi connectivity index (χ2v) is 17.4. The lowest BCUT2D eigenvalue weighted by Crippen LogP contribution is -2.60. The summed E-state index contributed by atoms with van der Waals surface area (Å²) in [5.41, 5.74) is 29.8. The molecule has 1 heterocycles. The van der Waals surface area contributed by atoms with Gasteiger partial charge in [0.15, 0.2) is 5.96 Å². The first-order chi connectivity index (χ1) is 32.2. The number of guanidine groups is 1. The molecule has 0 radical (unpaired) electrons. The number of nitrogens with two attached hydrogens (primary N) is 5. The Labute approximate surface area is 398 Å². The van der Waals surface area contributed by atoms with Crippen molar-refractivity contribution in [2.75, 3.05) is 13.1 Å². The Hall–Kier alpha value is -6.62. The van der Waals surface area contributed by atoms with E-state index in [1.165, 1.54) is 26.4 Å². The summed E-state index contributed by atoms with van der Waals surface area (Å²) in [6, 6.07) is -0.0635. The van der Waals surface area contributed by atoms with Crippen LogP contribution in [0.3, 0.4) is 0 Å². The van der Waals surface area contributed by atoms with Crippen molar-refractivity contribution in [3.8, 4) is 0 Å². The van der Waals surface area contributed by atoms with Crippen molar-refractivity contribution in [2.24, 2.45) is 45.5 Å². The third-order valence-electron chi connectivity index (χ3n) is 11.1. The smallest absolute Gasteiger partial charge is 0.243 e. The molecule has 8 amide bonds. The molecule has 0 aliphatic carbocycles. The lowest BCUT2D eigenvalue weighted by Gasteiger charge is -2.29. The van der Waals surface area contributed by atoms with E-state index < -0.39 is 102 Å². The standard InChI is InChI=1S/C45H75N15O8/c1-7-26(4)36(44(68)58-34(37(48)61)21-29-14-9-8-10-15-29)60-43(67)35(20-25(2)3)59-39(63)28(6)55-41(65)33(17-13-19-52-45(49)50)57-42(66)32(16-11-12-18-46)56-38(62)27(5)54-40(64)31(47)22-30-23-51-24-53-30/h8-10,14-15,23-28,31-36H,7,11-13,16-22,46-47H2,1-6H3,(H2,48,61)(H,51,53)(H,54,64)(H,55,65)(H,56,62)(H,57,66)(H,58,68)(H,59,63)(H,60,67)(H4,49,50,52)/t26-,27-,28-,31-,32-,33-,34-,35-,36-/m0/s1. The lowest BCUT2D eigenvalue weighted by molar-refractivity contribution is -0.136. The monoisotopic (exact) mass is 954 g/mol. The van der Waals surface area contributed by atoms with E-state index in [2.05, 4.69) is 52.2 Å². The summed E-state index contributed by atoms with van der Waals surface area (Å²) in [7, 11) is 0. The summed E-state index contributed by atoms with van der Waals surface area (Å²) < 4.78 is 0. The Balaban J connectivity index is 2.24. The minimum atomic E-state index is -1.26. The van der Waals surface area contributed by atoms with Gasteiger partial charge in [-0.2, -0.15) is 0 Å². The summed E-state index contributed by atoms with van der Waals surface area (Å²) in [6.45, 7) is 10.5. The fraction of sp³-hybridized carbons (Fsp3) is 0.600. The molecule has 0 unspecified atom stereocenters. The first-order valence-corrected chi connectivity index (χ1v) is 23.1. The topological polar surface area (TPSA) is 392 Å². The predicted molar refractivity (Wildman–Crippen MR) is 256 cm³/mol. The number of primary amides is 1.